The summed E-state index contributed by atoms with van der Waals surface area (Å²) in [5.41, 5.74) is 0. The summed E-state index contributed by atoms with van der Waals surface area (Å²) >= 11 is 0. The predicted molar refractivity (Wildman–Crippen MR) is 48.4 cm³/mol. The molecule has 0 spiro atoms. The highest BCUT2D eigenvalue weighted by Gasteiger charge is 2.17. The molecule has 1 amide bonds. The van der Waals surface area contributed by atoms with E-state index in [1.807, 2.05) is 6.92 Å². The van der Waals surface area contributed by atoms with Crippen LogP contribution in [0.3, 0.4) is 0 Å². The Bertz CT molecular complexity index is 194. The molecule has 13 heavy (non-hydrogen) atoms. The summed E-state index contributed by atoms with van der Waals surface area (Å²) < 4.78 is 0. The van der Waals surface area contributed by atoms with Gasteiger partial charge in [-0.2, -0.15) is 0 Å². The molecule has 0 aromatic carbocycles. The molecule has 0 aliphatic rings. The molecule has 0 bridgehead atoms. The number of nitrogens with one attached hydrogen (secondary N) is 2. The van der Waals surface area contributed by atoms with E-state index in [2.05, 4.69) is 10.6 Å². The van der Waals surface area contributed by atoms with Crippen molar-refractivity contribution in [3.8, 4) is 0 Å². The highest BCUT2D eigenvalue weighted by atomic mass is 16.4. The zero-order chi connectivity index (χ0) is 10.4. The zero-order valence-corrected chi connectivity index (χ0v) is 8.13. The third-order valence-corrected chi connectivity index (χ3v) is 1.63. The number of rotatable bonds is 5. The van der Waals surface area contributed by atoms with E-state index >= 15 is 0 Å². The number of amides is 1. The Labute approximate surface area is 77.5 Å². The fourth-order valence-electron chi connectivity index (χ4n) is 0.799. The first-order valence-corrected chi connectivity index (χ1v) is 4.25. The number of carboxylic acid groups (broad SMARTS) is 1. The van der Waals surface area contributed by atoms with Gasteiger partial charge in [0.15, 0.2) is 0 Å². The predicted octanol–water partition coefficient (Wildman–Crippen LogP) is -0.426. The van der Waals surface area contributed by atoms with Crippen LogP contribution in [-0.2, 0) is 9.59 Å². The molecule has 0 aromatic heterocycles. The molecular formula is C8H16N2O3. The van der Waals surface area contributed by atoms with Gasteiger partial charge in [-0.3, -0.25) is 9.59 Å². The van der Waals surface area contributed by atoms with Crippen LogP contribution in [0.25, 0.3) is 0 Å². The molecule has 5 heteroatoms. The van der Waals surface area contributed by atoms with Crippen molar-refractivity contribution in [2.45, 2.75) is 32.9 Å². The van der Waals surface area contributed by atoms with Gasteiger partial charge in [0, 0.05) is 0 Å². The van der Waals surface area contributed by atoms with Gasteiger partial charge in [0.25, 0.3) is 0 Å². The van der Waals surface area contributed by atoms with Gasteiger partial charge in [-0.1, -0.05) is 6.92 Å². The lowest BCUT2D eigenvalue weighted by molar-refractivity contribution is -0.141. The number of carbonyl (C=O) groups excluding carboxylic acids is 1. The van der Waals surface area contributed by atoms with E-state index in [-0.39, 0.29) is 11.9 Å². The first-order valence-electron chi connectivity index (χ1n) is 4.25. The van der Waals surface area contributed by atoms with Gasteiger partial charge in [-0.25, -0.2) is 0 Å². The molecule has 0 saturated carbocycles. The summed E-state index contributed by atoms with van der Waals surface area (Å²) in [6, 6.07) is -1.19. The highest BCUT2D eigenvalue weighted by Crippen LogP contribution is 1.86. The van der Waals surface area contributed by atoms with E-state index in [1.54, 1.807) is 6.92 Å². The molecule has 5 nitrogen and oxygen atoms in total. The van der Waals surface area contributed by atoms with Crippen LogP contribution in [-0.4, -0.2) is 35.6 Å². The molecule has 0 aliphatic carbocycles. The van der Waals surface area contributed by atoms with E-state index in [1.165, 1.54) is 6.92 Å². The van der Waals surface area contributed by atoms with Gasteiger partial charge in [-0.05, 0) is 20.4 Å². The van der Waals surface area contributed by atoms with Crippen LogP contribution >= 0.6 is 0 Å². The summed E-state index contributed by atoms with van der Waals surface area (Å²) in [5, 5.41) is 13.8. The lowest BCUT2D eigenvalue weighted by Crippen LogP contribution is -2.47. The van der Waals surface area contributed by atoms with Crippen LogP contribution in [0.2, 0.25) is 0 Å². The Hall–Kier alpha value is -1.10. The summed E-state index contributed by atoms with van der Waals surface area (Å²) in [6.45, 7) is 5.67. The van der Waals surface area contributed by atoms with Crippen molar-refractivity contribution in [3.63, 3.8) is 0 Å². The van der Waals surface area contributed by atoms with Crippen molar-refractivity contribution >= 4 is 11.9 Å². The zero-order valence-electron chi connectivity index (χ0n) is 8.13. The number of hydrogen-bond acceptors (Lipinski definition) is 3. The Morgan fingerprint density at radius 3 is 2.23 bits per heavy atom. The summed E-state index contributed by atoms with van der Waals surface area (Å²) in [4.78, 5) is 21.6. The van der Waals surface area contributed by atoms with Gasteiger partial charge >= 0.3 is 5.97 Å². The number of aliphatic carboxylic acids is 1. The lowest BCUT2D eigenvalue weighted by Gasteiger charge is -2.14. The SMILES string of the molecule is CCN[C@@H](C)C(=O)N[C@@H](C)C(=O)O. The third kappa shape index (κ3) is 4.47. The monoisotopic (exact) mass is 188 g/mol. The molecule has 0 heterocycles. The molecule has 0 saturated heterocycles. The molecule has 76 valence electrons. The Kier molecular flexibility index (Phi) is 5.06. The van der Waals surface area contributed by atoms with Crippen LogP contribution in [0.1, 0.15) is 20.8 Å². The molecular weight excluding hydrogens is 172 g/mol. The van der Waals surface area contributed by atoms with E-state index in [0.717, 1.165) is 0 Å². The van der Waals surface area contributed by atoms with Crippen molar-refractivity contribution in [2.24, 2.45) is 0 Å². The van der Waals surface area contributed by atoms with E-state index < -0.39 is 12.0 Å². The third-order valence-electron chi connectivity index (χ3n) is 1.63. The first-order chi connectivity index (χ1) is 5.99. The van der Waals surface area contributed by atoms with E-state index in [4.69, 9.17) is 5.11 Å². The number of carboxylic acids is 1. The number of likely N-dealkylation sites (N-methyl/N-ethyl adjacent to an activating group) is 1. The van der Waals surface area contributed by atoms with Crippen molar-refractivity contribution in [1.29, 1.82) is 0 Å². The van der Waals surface area contributed by atoms with Crippen molar-refractivity contribution in [1.82, 2.24) is 10.6 Å². The summed E-state index contributed by atoms with van der Waals surface area (Å²) in [7, 11) is 0. The second-order valence-electron chi connectivity index (χ2n) is 2.85. The van der Waals surface area contributed by atoms with Crippen LogP contribution in [0, 0.1) is 0 Å². The molecule has 0 aromatic rings. The standard InChI is InChI=1S/C8H16N2O3/c1-4-9-5(2)7(11)10-6(3)8(12)13/h5-6,9H,4H2,1-3H3,(H,10,11)(H,12,13)/t5-,6-/m0/s1. The van der Waals surface area contributed by atoms with E-state index in [0.29, 0.717) is 6.54 Å². The smallest absolute Gasteiger partial charge is 0.325 e. The van der Waals surface area contributed by atoms with Crippen molar-refractivity contribution in [2.75, 3.05) is 6.54 Å². The van der Waals surface area contributed by atoms with Crippen LogP contribution in [0.5, 0.6) is 0 Å². The molecule has 3 N–H and O–H groups in total. The number of carbonyl (C=O) groups is 2. The maximum atomic E-state index is 11.2. The maximum Gasteiger partial charge on any atom is 0.325 e. The van der Waals surface area contributed by atoms with Gasteiger partial charge in [-0.15, -0.1) is 0 Å². The Balaban J connectivity index is 3.92. The molecule has 0 radical (unpaired) electrons. The van der Waals surface area contributed by atoms with Crippen molar-refractivity contribution < 1.29 is 14.7 Å². The minimum absolute atomic E-state index is 0.295. The number of hydrogen-bond donors (Lipinski definition) is 3. The molecule has 0 aliphatic heterocycles. The average molecular weight is 188 g/mol. The topological polar surface area (TPSA) is 78.4 Å². The van der Waals surface area contributed by atoms with Crippen molar-refractivity contribution in [3.05, 3.63) is 0 Å². The van der Waals surface area contributed by atoms with Gasteiger partial charge in [0.1, 0.15) is 6.04 Å². The van der Waals surface area contributed by atoms with Crippen LogP contribution in [0.15, 0.2) is 0 Å². The van der Waals surface area contributed by atoms with Gasteiger partial charge < -0.3 is 15.7 Å². The summed E-state index contributed by atoms with van der Waals surface area (Å²) in [6.07, 6.45) is 0. The van der Waals surface area contributed by atoms with Gasteiger partial charge in [0.2, 0.25) is 5.91 Å². The fourth-order valence-corrected chi connectivity index (χ4v) is 0.799. The Morgan fingerprint density at radius 1 is 1.31 bits per heavy atom. The molecule has 0 unspecified atom stereocenters. The van der Waals surface area contributed by atoms with Gasteiger partial charge in [0.05, 0.1) is 6.04 Å². The Morgan fingerprint density at radius 2 is 1.85 bits per heavy atom. The maximum absolute atomic E-state index is 11.2. The normalized spacial score (nSPS) is 14.7. The molecule has 2 atom stereocenters. The quantitative estimate of drug-likeness (QED) is 0.547. The molecule has 0 rings (SSSR count). The molecule has 0 fully saturated rings. The lowest BCUT2D eigenvalue weighted by atomic mass is 10.2. The second-order valence-corrected chi connectivity index (χ2v) is 2.85. The average Bonchev–Trinajstić information content (AvgIpc) is 2.04. The summed E-state index contributed by atoms with van der Waals surface area (Å²) in [5.74, 6) is -1.33. The second kappa shape index (κ2) is 5.53. The minimum Gasteiger partial charge on any atom is -0.480 e. The highest BCUT2D eigenvalue weighted by molar-refractivity contribution is 5.86. The largest absolute Gasteiger partial charge is 0.480 e. The van der Waals surface area contributed by atoms with E-state index in [9.17, 15) is 9.59 Å². The first kappa shape index (κ1) is 11.9. The van der Waals surface area contributed by atoms with Crippen LogP contribution in [0.4, 0.5) is 0 Å². The fraction of sp³-hybridized carbons (Fsp3) is 0.750. The minimum atomic E-state index is -1.03. The van der Waals surface area contributed by atoms with Crippen LogP contribution < -0.4 is 10.6 Å².